The lowest BCUT2D eigenvalue weighted by Crippen LogP contribution is -2.07. The monoisotopic (exact) mass is 231 g/mol. The van der Waals surface area contributed by atoms with Crippen LogP contribution in [0, 0.1) is 6.92 Å². The zero-order valence-electron chi connectivity index (χ0n) is 10.4. The minimum absolute atomic E-state index is 0.823. The molecule has 0 saturated carbocycles. The Morgan fingerprint density at radius 1 is 1.29 bits per heavy atom. The molecule has 0 atom stereocenters. The highest BCUT2D eigenvalue weighted by Crippen LogP contribution is 2.26. The Labute approximate surface area is 101 Å². The molecule has 90 valence electrons. The van der Waals surface area contributed by atoms with E-state index in [4.69, 9.17) is 4.42 Å². The highest BCUT2D eigenvalue weighted by molar-refractivity contribution is 5.67. The Bertz CT molecular complexity index is 492. The largest absolute Gasteiger partial charge is 0.472 e. The molecule has 4 heteroatoms. The van der Waals surface area contributed by atoms with Crippen LogP contribution in [-0.4, -0.2) is 16.5 Å². The van der Waals surface area contributed by atoms with Gasteiger partial charge in [0.15, 0.2) is 0 Å². The third kappa shape index (κ3) is 2.30. The average Bonchev–Trinajstić information content (AvgIpc) is 2.85. The van der Waals surface area contributed by atoms with E-state index in [1.54, 1.807) is 12.5 Å². The molecular formula is C13H17N3O. The SMILES string of the molecule is CCNc1nc(CC)nc(-c2ccoc2)c1C. The number of nitrogens with zero attached hydrogens (tertiary/aromatic N) is 2. The second kappa shape index (κ2) is 4.99. The Morgan fingerprint density at radius 3 is 2.71 bits per heavy atom. The van der Waals surface area contributed by atoms with E-state index >= 15 is 0 Å². The first-order valence-corrected chi connectivity index (χ1v) is 5.90. The molecule has 0 aliphatic heterocycles. The normalized spacial score (nSPS) is 10.5. The first-order chi connectivity index (χ1) is 8.26. The lowest BCUT2D eigenvalue weighted by Gasteiger charge is -2.11. The Kier molecular flexibility index (Phi) is 3.42. The van der Waals surface area contributed by atoms with E-state index in [2.05, 4.69) is 29.1 Å². The molecule has 0 aliphatic carbocycles. The molecule has 2 aromatic heterocycles. The Hall–Kier alpha value is -1.84. The summed E-state index contributed by atoms with van der Waals surface area (Å²) in [5.74, 6) is 1.76. The van der Waals surface area contributed by atoms with Crippen LogP contribution in [0.4, 0.5) is 5.82 Å². The molecule has 0 aromatic carbocycles. The standard InChI is InChI=1S/C13H17N3O/c1-4-11-15-12(10-6-7-17-8-10)9(3)13(16-11)14-5-2/h6-8H,4-5H2,1-3H3,(H,14,15,16). The molecule has 2 aromatic rings. The number of anilines is 1. The lowest BCUT2D eigenvalue weighted by molar-refractivity contribution is 0.568. The van der Waals surface area contributed by atoms with Crippen molar-refractivity contribution >= 4 is 5.82 Å². The van der Waals surface area contributed by atoms with Gasteiger partial charge in [0.2, 0.25) is 0 Å². The van der Waals surface area contributed by atoms with Crippen LogP contribution in [0.3, 0.4) is 0 Å². The van der Waals surface area contributed by atoms with E-state index in [1.807, 2.05) is 13.0 Å². The zero-order chi connectivity index (χ0) is 12.3. The van der Waals surface area contributed by atoms with Crippen molar-refractivity contribution in [2.24, 2.45) is 0 Å². The topological polar surface area (TPSA) is 51.0 Å². The van der Waals surface area contributed by atoms with E-state index in [0.29, 0.717) is 0 Å². The maximum Gasteiger partial charge on any atom is 0.133 e. The summed E-state index contributed by atoms with van der Waals surface area (Å²) in [6, 6.07) is 1.92. The van der Waals surface area contributed by atoms with Crippen LogP contribution in [0.5, 0.6) is 0 Å². The molecule has 0 unspecified atom stereocenters. The summed E-state index contributed by atoms with van der Waals surface area (Å²) >= 11 is 0. The lowest BCUT2D eigenvalue weighted by atomic mass is 10.1. The molecule has 0 spiro atoms. The predicted octanol–water partition coefficient (Wildman–Crippen LogP) is 3.04. The van der Waals surface area contributed by atoms with Gasteiger partial charge in [-0.05, 0) is 19.9 Å². The Balaban J connectivity index is 2.54. The fourth-order valence-electron chi connectivity index (χ4n) is 1.74. The van der Waals surface area contributed by atoms with Crippen LogP contribution in [-0.2, 0) is 6.42 Å². The predicted molar refractivity (Wildman–Crippen MR) is 68.0 cm³/mol. The number of hydrogen-bond donors (Lipinski definition) is 1. The number of furan rings is 1. The van der Waals surface area contributed by atoms with Crippen molar-refractivity contribution in [3.8, 4) is 11.3 Å². The fraction of sp³-hybridized carbons (Fsp3) is 0.385. The van der Waals surface area contributed by atoms with Crippen LogP contribution in [0.2, 0.25) is 0 Å². The molecule has 0 fully saturated rings. The maximum atomic E-state index is 5.12. The minimum Gasteiger partial charge on any atom is -0.472 e. The molecule has 0 bridgehead atoms. The van der Waals surface area contributed by atoms with Crippen molar-refractivity contribution in [2.75, 3.05) is 11.9 Å². The quantitative estimate of drug-likeness (QED) is 0.878. The third-order valence-electron chi connectivity index (χ3n) is 2.65. The highest BCUT2D eigenvalue weighted by Gasteiger charge is 2.12. The van der Waals surface area contributed by atoms with E-state index in [1.165, 1.54) is 0 Å². The average molecular weight is 231 g/mol. The summed E-state index contributed by atoms with van der Waals surface area (Å²) in [4.78, 5) is 9.06. The molecule has 0 saturated heterocycles. The number of hydrogen-bond acceptors (Lipinski definition) is 4. The first kappa shape index (κ1) is 11.6. The van der Waals surface area contributed by atoms with Gasteiger partial charge in [0.05, 0.1) is 18.2 Å². The summed E-state index contributed by atoms with van der Waals surface area (Å²) in [5, 5.41) is 3.27. The molecule has 0 amide bonds. The smallest absolute Gasteiger partial charge is 0.133 e. The van der Waals surface area contributed by atoms with Gasteiger partial charge < -0.3 is 9.73 Å². The van der Waals surface area contributed by atoms with Crippen molar-refractivity contribution in [3.63, 3.8) is 0 Å². The van der Waals surface area contributed by atoms with Crippen molar-refractivity contribution in [1.82, 2.24) is 9.97 Å². The van der Waals surface area contributed by atoms with E-state index in [0.717, 1.165) is 41.4 Å². The molecule has 2 rings (SSSR count). The summed E-state index contributed by atoms with van der Waals surface area (Å²) in [6.45, 7) is 7.00. The molecule has 0 aliphatic rings. The van der Waals surface area contributed by atoms with E-state index < -0.39 is 0 Å². The summed E-state index contributed by atoms with van der Waals surface area (Å²) in [6.07, 6.45) is 4.20. The molecule has 1 N–H and O–H groups in total. The molecule has 17 heavy (non-hydrogen) atoms. The second-order valence-electron chi connectivity index (χ2n) is 3.86. The number of nitrogens with one attached hydrogen (secondary N) is 1. The van der Waals surface area contributed by atoms with Crippen LogP contribution < -0.4 is 5.32 Å². The maximum absolute atomic E-state index is 5.12. The van der Waals surface area contributed by atoms with Gasteiger partial charge in [0, 0.05) is 24.1 Å². The van der Waals surface area contributed by atoms with Gasteiger partial charge in [-0.1, -0.05) is 6.92 Å². The molecular weight excluding hydrogens is 214 g/mol. The molecule has 0 radical (unpaired) electrons. The van der Waals surface area contributed by atoms with Crippen molar-refractivity contribution in [3.05, 3.63) is 30.0 Å². The van der Waals surface area contributed by atoms with Gasteiger partial charge in [-0.3, -0.25) is 0 Å². The third-order valence-corrected chi connectivity index (χ3v) is 2.65. The zero-order valence-corrected chi connectivity index (χ0v) is 10.4. The summed E-state index contributed by atoms with van der Waals surface area (Å²) in [5.41, 5.74) is 3.01. The van der Waals surface area contributed by atoms with Crippen LogP contribution in [0.15, 0.2) is 23.0 Å². The fourth-order valence-corrected chi connectivity index (χ4v) is 1.74. The van der Waals surface area contributed by atoms with E-state index in [-0.39, 0.29) is 0 Å². The van der Waals surface area contributed by atoms with Gasteiger partial charge >= 0.3 is 0 Å². The van der Waals surface area contributed by atoms with Crippen molar-refractivity contribution < 1.29 is 4.42 Å². The van der Waals surface area contributed by atoms with Crippen LogP contribution in [0.1, 0.15) is 25.2 Å². The van der Waals surface area contributed by atoms with Gasteiger partial charge in [-0.15, -0.1) is 0 Å². The minimum atomic E-state index is 0.823. The first-order valence-electron chi connectivity index (χ1n) is 5.90. The number of rotatable bonds is 4. The van der Waals surface area contributed by atoms with Gasteiger partial charge in [-0.2, -0.15) is 0 Å². The summed E-state index contributed by atoms with van der Waals surface area (Å²) < 4.78 is 5.12. The Morgan fingerprint density at radius 2 is 2.12 bits per heavy atom. The van der Waals surface area contributed by atoms with Gasteiger partial charge in [0.25, 0.3) is 0 Å². The van der Waals surface area contributed by atoms with Gasteiger partial charge in [-0.25, -0.2) is 9.97 Å². The number of aryl methyl sites for hydroxylation is 1. The molecule has 4 nitrogen and oxygen atoms in total. The van der Waals surface area contributed by atoms with E-state index in [9.17, 15) is 0 Å². The number of aromatic nitrogens is 2. The van der Waals surface area contributed by atoms with Crippen LogP contribution >= 0.6 is 0 Å². The molecule has 2 heterocycles. The van der Waals surface area contributed by atoms with Gasteiger partial charge in [0.1, 0.15) is 11.6 Å². The van der Waals surface area contributed by atoms with Crippen molar-refractivity contribution in [2.45, 2.75) is 27.2 Å². The second-order valence-corrected chi connectivity index (χ2v) is 3.86. The highest BCUT2D eigenvalue weighted by atomic mass is 16.3. The van der Waals surface area contributed by atoms with Crippen molar-refractivity contribution in [1.29, 1.82) is 0 Å². The van der Waals surface area contributed by atoms with Crippen LogP contribution in [0.25, 0.3) is 11.3 Å². The summed E-state index contributed by atoms with van der Waals surface area (Å²) in [7, 11) is 0.